The Kier molecular flexibility index (Phi) is 3.56. The van der Waals surface area contributed by atoms with Crippen molar-refractivity contribution in [1.82, 2.24) is 0 Å². The minimum absolute atomic E-state index is 0.0285. The van der Waals surface area contributed by atoms with E-state index in [-0.39, 0.29) is 16.6 Å². The highest BCUT2D eigenvalue weighted by molar-refractivity contribution is 6.69. The van der Waals surface area contributed by atoms with E-state index in [1.807, 2.05) is 33.8 Å². The predicted molar refractivity (Wildman–Crippen MR) is 69.5 cm³/mol. The van der Waals surface area contributed by atoms with Gasteiger partial charge in [-0.05, 0) is 33.1 Å². The summed E-state index contributed by atoms with van der Waals surface area (Å²) < 4.78 is 11.7. The fourth-order valence-electron chi connectivity index (χ4n) is 1.44. The van der Waals surface area contributed by atoms with Crippen molar-refractivity contribution in [3.63, 3.8) is 0 Å². The Morgan fingerprint density at radius 2 is 1.44 bits per heavy atom. The lowest BCUT2D eigenvalue weighted by atomic mass is 9.84. The zero-order valence-electron chi connectivity index (χ0n) is 11.3. The highest BCUT2D eigenvalue weighted by atomic mass is 35.5. The van der Waals surface area contributed by atoms with Gasteiger partial charge in [-0.2, -0.15) is 0 Å². The third kappa shape index (κ3) is 3.02. The van der Waals surface area contributed by atoms with Gasteiger partial charge in [0.1, 0.15) is 0 Å². The fraction of sp³-hybridized carbons (Fsp3) is 0.833. The average molecular weight is 245 g/mol. The maximum Gasteiger partial charge on any atom is 0.506 e. The molecule has 0 aromatic heterocycles. The second-order valence-corrected chi connectivity index (χ2v) is 6.92. The van der Waals surface area contributed by atoms with Crippen molar-refractivity contribution in [2.24, 2.45) is 5.41 Å². The van der Waals surface area contributed by atoms with Gasteiger partial charge in [-0.25, -0.2) is 0 Å². The molecule has 0 unspecified atom stereocenters. The van der Waals surface area contributed by atoms with Crippen LogP contribution in [0.3, 0.4) is 0 Å². The van der Waals surface area contributed by atoms with Crippen molar-refractivity contribution < 1.29 is 9.31 Å². The topological polar surface area (TPSA) is 18.5 Å². The molecule has 1 aliphatic heterocycles. The highest BCUT2D eigenvalue weighted by Crippen LogP contribution is 2.39. The molecular formula is C12H22BClO2. The molecule has 0 aromatic rings. The molecule has 1 heterocycles. The summed E-state index contributed by atoms with van der Waals surface area (Å²) in [6.45, 7) is 14.4. The van der Waals surface area contributed by atoms with Gasteiger partial charge in [-0.15, -0.1) is 0 Å². The second kappa shape index (κ2) is 4.04. The largest absolute Gasteiger partial charge is 0.506 e. The monoisotopic (exact) mass is 244 g/mol. The first kappa shape index (κ1) is 14.1. The van der Waals surface area contributed by atoms with E-state index < -0.39 is 7.12 Å². The van der Waals surface area contributed by atoms with Gasteiger partial charge in [0.15, 0.2) is 0 Å². The molecule has 0 atom stereocenters. The predicted octanol–water partition coefficient (Wildman–Crippen LogP) is 3.79. The van der Waals surface area contributed by atoms with Crippen molar-refractivity contribution in [2.45, 2.75) is 59.7 Å². The summed E-state index contributed by atoms with van der Waals surface area (Å²) >= 11 is 6.24. The minimum Gasteiger partial charge on any atom is -0.399 e. The number of hydrogen-bond donors (Lipinski definition) is 0. The average Bonchev–Trinajstić information content (AvgIpc) is 2.17. The molecule has 0 bridgehead atoms. The molecule has 0 spiro atoms. The standard InChI is InChI=1S/C12H22BClO2/c1-10(2,3)8-9(14)13-15-11(4,5)12(6,7)16-13/h8H,1-7H3. The summed E-state index contributed by atoms with van der Waals surface area (Å²) in [4.78, 5) is 0.631. The lowest BCUT2D eigenvalue weighted by molar-refractivity contribution is 0.00578. The molecule has 16 heavy (non-hydrogen) atoms. The first-order valence-corrected chi connectivity index (χ1v) is 6.06. The molecular weight excluding hydrogens is 222 g/mol. The molecule has 1 saturated heterocycles. The first-order valence-electron chi connectivity index (χ1n) is 5.68. The summed E-state index contributed by atoms with van der Waals surface area (Å²) in [5, 5.41) is 0. The quantitative estimate of drug-likeness (QED) is 0.654. The highest BCUT2D eigenvalue weighted by Gasteiger charge is 2.52. The molecule has 0 aromatic carbocycles. The Morgan fingerprint density at radius 1 is 1.06 bits per heavy atom. The smallest absolute Gasteiger partial charge is 0.399 e. The van der Waals surface area contributed by atoms with Crippen molar-refractivity contribution in [1.29, 1.82) is 0 Å². The van der Waals surface area contributed by atoms with E-state index in [0.717, 1.165) is 0 Å². The van der Waals surface area contributed by atoms with E-state index in [9.17, 15) is 0 Å². The van der Waals surface area contributed by atoms with Gasteiger partial charge in [-0.3, -0.25) is 0 Å². The molecule has 0 saturated carbocycles. The maximum atomic E-state index is 6.24. The van der Waals surface area contributed by atoms with Crippen LogP contribution >= 0.6 is 11.6 Å². The van der Waals surface area contributed by atoms with Gasteiger partial charge in [0.05, 0.1) is 11.2 Å². The van der Waals surface area contributed by atoms with E-state index in [2.05, 4.69) is 20.8 Å². The SMILES string of the molecule is CC(C)(C)C=C(Cl)B1OC(C)(C)C(C)(C)O1. The van der Waals surface area contributed by atoms with Crippen LogP contribution in [0.25, 0.3) is 0 Å². The van der Waals surface area contributed by atoms with Crippen molar-refractivity contribution in [2.75, 3.05) is 0 Å². The molecule has 1 aliphatic rings. The lowest BCUT2D eigenvalue weighted by Crippen LogP contribution is -2.41. The zero-order chi connectivity index (χ0) is 12.8. The van der Waals surface area contributed by atoms with Crippen molar-refractivity contribution in [3.05, 3.63) is 11.0 Å². The van der Waals surface area contributed by atoms with Gasteiger partial charge in [0.25, 0.3) is 0 Å². The molecule has 0 radical (unpaired) electrons. The Hall–Kier alpha value is 0.0149. The Bertz CT molecular complexity index is 287. The van der Waals surface area contributed by atoms with Crippen LogP contribution in [0.2, 0.25) is 0 Å². The van der Waals surface area contributed by atoms with E-state index in [0.29, 0.717) is 4.93 Å². The number of allylic oxidation sites excluding steroid dienone is 1. The molecule has 2 nitrogen and oxygen atoms in total. The third-order valence-electron chi connectivity index (χ3n) is 3.05. The molecule has 92 valence electrons. The summed E-state index contributed by atoms with van der Waals surface area (Å²) in [6.07, 6.45) is 1.98. The minimum atomic E-state index is -0.439. The van der Waals surface area contributed by atoms with Crippen LogP contribution < -0.4 is 0 Å². The van der Waals surface area contributed by atoms with Crippen LogP contribution in [-0.2, 0) is 9.31 Å². The fourth-order valence-corrected chi connectivity index (χ4v) is 1.85. The lowest BCUT2D eigenvalue weighted by Gasteiger charge is -2.32. The molecule has 0 N–H and O–H groups in total. The summed E-state index contributed by atoms with van der Waals surface area (Å²) in [7, 11) is -0.439. The Morgan fingerprint density at radius 3 is 1.75 bits per heavy atom. The van der Waals surface area contributed by atoms with Crippen molar-refractivity contribution in [3.8, 4) is 0 Å². The van der Waals surface area contributed by atoms with Crippen LogP contribution in [-0.4, -0.2) is 18.3 Å². The summed E-state index contributed by atoms with van der Waals surface area (Å²) in [6, 6.07) is 0. The van der Waals surface area contributed by atoms with Crippen LogP contribution in [0.5, 0.6) is 0 Å². The van der Waals surface area contributed by atoms with Crippen LogP contribution in [0.1, 0.15) is 48.5 Å². The van der Waals surface area contributed by atoms with Gasteiger partial charge in [0, 0.05) is 4.93 Å². The van der Waals surface area contributed by atoms with E-state index >= 15 is 0 Å². The Labute approximate surface area is 104 Å². The second-order valence-electron chi connectivity index (χ2n) is 6.48. The Balaban J connectivity index is 2.85. The van der Waals surface area contributed by atoms with Gasteiger partial charge in [0.2, 0.25) is 0 Å². The van der Waals surface area contributed by atoms with E-state index in [4.69, 9.17) is 20.9 Å². The zero-order valence-corrected chi connectivity index (χ0v) is 12.1. The van der Waals surface area contributed by atoms with Gasteiger partial charge < -0.3 is 9.31 Å². The third-order valence-corrected chi connectivity index (χ3v) is 3.34. The molecule has 1 fully saturated rings. The number of hydrogen-bond acceptors (Lipinski definition) is 2. The summed E-state index contributed by atoms with van der Waals surface area (Å²) in [5.74, 6) is 0. The summed E-state index contributed by atoms with van der Waals surface area (Å²) in [5.41, 5.74) is -0.631. The van der Waals surface area contributed by atoms with Gasteiger partial charge in [-0.1, -0.05) is 38.4 Å². The molecule has 4 heteroatoms. The number of rotatable bonds is 1. The molecule has 0 aliphatic carbocycles. The van der Waals surface area contributed by atoms with Crippen LogP contribution in [0, 0.1) is 5.41 Å². The van der Waals surface area contributed by atoms with Crippen molar-refractivity contribution >= 4 is 18.7 Å². The van der Waals surface area contributed by atoms with E-state index in [1.165, 1.54) is 0 Å². The number of halogens is 1. The first-order chi connectivity index (χ1) is 6.95. The molecule has 0 amide bonds. The van der Waals surface area contributed by atoms with Gasteiger partial charge >= 0.3 is 7.12 Å². The van der Waals surface area contributed by atoms with E-state index in [1.54, 1.807) is 0 Å². The van der Waals surface area contributed by atoms with Crippen LogP contribution in [0.4, 0.5) is 0 Å². The van der Waals surface area contributed by atoms with Crippen LogP contribution in [0.15, 0.2) is 11.0 Å². The molecule has 1 rings (SSSR count). The normalized spacial score (nSPS) is 25.0. The maximum absolute atomic E-state index is 6.24.